The molecular formula is C26H29NO4. The van der Waals surface area contributed by atoms with E-state index in [2.05, 4.69) is 36.4 Å². The van der Waals surface area contributed by atoms with Crippen molar-refractivity contribution in [3.05, 3.63) is 108 Å². The molecule has 0 radical (unpaired) electrons. The van der Waals surface area contributed by atoms with Gasteiger partial charge in [0.05, 0.1) is 25.9 Å². The molecule has 5 nitrogen and oxygen atoms in total. The van der Waals surface area contributed by atoms with Crippen molar-refractivity contribution in [2.24, 2.45) is 0 Å². The molecule has 1 N–H and O–H groups in total. The van der Waals surface area contributed by atoms with Crippen molar-refractivity contribution in [1.82, 2.24) is 5.06 Å². The molecule has 0 saturated carbocycles. The Morgan fingerprint density at radius 2 is 1.26 bits per heavy atom. The monoisotopic (exact) mass is 419 g/mol. The Labute approximate surface area is 183 Å². The maximum absolute atomic E-state index is 10.4. The second-order valence-electron chi connectivity index (χ2n) is 7.72. The summed E-state index contributed by atoms with van der Waals surface area (Å²) < 4.78 is 12.3. The minimum atomic E-state index is -0.806. The van der Waals surface area contributed by atoms with Crippen LogP contribution in [0.1, 0.15) is 23.1 Å². The van der Waals surface area contributed by atoms with E-state index < -0.39 is 17.9 Å². The van der Waals surface area contributed by atoms with E-state index in [9.17, 15) is 5.11 Å². The Morgan fingerprint density at radius 1 is 0.806 bits per heavy atom. The maximum atomic E-state index is 10.4. The van der Waals surface area contributed by atoms with Gasteiger partial charge in [-0.15, -0.1) is 0 Å². The largest absolute Gasteiger partial charge is 0.389 e. The smallest absolute Gasteiger partial charge is 0.158 e. The van der Waals surface area contributed by atoms with Crippen LogP contribution in [0.3, 0.4) is 0 Å². The number of ether oxygens (including phenoxy) is 2. The number of nitrogens with zero attached hydrogens (tertiary/aromatic N) is 1. The minimum absolute atomic E-state index is 0.152. The highest BCUT2D eigenvalue weighted by Gasteiger charge is 2.44. The van der Waals surface area contributed by atoms with E-state index in [0.717, 1.165) is 16.7 Å². The van der Waals surface area contributed by atoms with E-state index in [1.807, 2.05) is 54.6 Å². The molecule has 162 valence electrons. The predicted molar refractivity (Wildman–Crippen MR) is 119 cm³/mol. The molecular weight excluding hydrogens is 390 g/mol. The van der Waals surface area contributed by atoms with Gasteiger partial charge in [0.25, 0.3) is 0 Å². The fourth-order valence-electron chi connectivity index (χ4n) is 4.52. The van der Waals surface area contributed by atoms with E-state index in [-0.39, 0.29) is 6.04 Å². The van der Waals surface area contributed by atoms with Crippen molar-refractivity contribution < 1.29 is 19.4 Å². The lowest BCUT2D eigenvalue weighted by Gasteiger charge is -2.37. The number of rotatable bonds is 8. The molecule has 3 unspecified atom stereocenters. The molecule has 4 rings (SSSR count). The van der Waals surface area contributed by atoms with Gasteiger partial charge in [0.15, 0.2) is 6.23 Å². The van der Waals surface area contributed by atoms with Crippen LogP contribution in [0.2, 0.25) is 0 Å². The zero-order valence-electron chi connectivity index (χ0n) is 17.9. The number of aliphatic hydroxyl groups excluding tert-OH is 1. The second-order valence-corrected chi connectivity index (χ2v) is 7.72. The number of methoxy groups -OCH3 is 1. The number of benzene rings is 3. The van der Waals surface area contributed by atoms with Gasteiger partial charge in [-0.3, -0.25) is 4.84 Å². The summed E-state index contributed by atoms with van der Waals surface area (Å²) in [5.41, 5.74) is 2.31. The van der Waals surface area contributed by atoms with Gasteiger partial charge >= 0.3 is 0 Å². The lowest BCUT2D eigenvalue weighted by Crippen LogP contribution is -2.43. The third-order valence-electron chi connectivity index (χ3n) is 5.94. The van der Waals surface area contributed by atoms with Crippen LogP contribution < -0.4 is 0 Å². The number of aliphatic hydroxyl groups is 1. The Balaban J connectivity index is 1.78. The molecule has 0 amide bonds. The Hall–Kier alpha value is -2.54. The van der Waals surface area contributed by atoms with Crippen LogP contribution in [0.5, 0.6) is 0 Å². The Morgan fingerprint density at radius 3 is 1.65 bits per heavy atom. The van der Waals surface area contributed by atoms with Crippen LogP contribution in [0, 0.1) is 0 Å². The maximum Gasteiger partial charge on any atom is 0.158 e. The summed E-state index contributed by atoms with van der Waals surface area (Å²) in [6.07, 6.45) is -0.655. The average Bonchev–Trinajstić information content (AvgIpc) is 3.15. The molecule has 3 aromatic rings. The summed E-state index contributed by atoms with van der Waals surface area (Å²) in [7, 11) is 3.17. The third kappa shape index (κ3) is 4.15. The highest BCUT2D eigenvalue weighted by molar-refractivity contribution is 5.47. The standard InChI is InChI=1S/C26H29NO4/c1-29-25-24(28)18-23(27(25)30-2)19-31-26(20-12-6-3-7-13-20,21-14-8-4-9-15-21)22-16-10-5-11-17-22/h3-17,23-25,28H,18-19H2,1-2H3. The van der Waals surface area contributed by atoms with Gasteiger partial charge in [-0.25, -0.2) is 0 Å². The highest BCUT2D eigenvalue weighted by atomic mass is 16.7. The first-order valence-corrected chi connectivity index (χ1v) is 10.5. The van der Waals surface area contributed by atoms with Crippen molar-refractivity contribution in [3.8, 4) is 0 Å². The van der Waals surface area contributed by atoms with Gasteiger partial charge in [0.2, 0.25) is 0 Å². The summed E-state index contributed by atoms with van der Waals surface area (Å²) in [5, 5.41) is 12.1. The number of hydroxylamine groups is 2. The third-order valence-corrected chi connectivity index (χ3v) is 5.94. The molecule has 3 aromatic carbocycles. The van der Waals surface area contributed by atoms with Crippen molar-refractivity contribution in [3.63, 3.8) is 0 Å². The summed E-state index contributed by atoms with van der Waals surface area (Å²) in [6.45, 7) is 0.351. The minimum Gasteiger partial charge on any atom is -0.389 e. The molecule has 1 aliphatic rings. The number of hydrogen-bond acceptors (Lipinski definition) is 5. The first-order valence-electron chi connectivity index (χ1n) is 10.5. The van der Waals surface area contributed by atoms with Gasteiger partial charge in [0.1, 0.15) is 5.60 Å². The summed E-state index contributed by atoms with van der Waals surface area (Å²) >= 11 is 0. The van der Waals surface area contributed by atoms with E-state index >= 15 is 0 Å². The zero-order chi connectivity index (χ0) is 21.7. The SMILES string of the molecule is COC1C(O)CC(COC(c2ccccc2)(c2ccccc2)c2ccccc2)N1OC. The molecule has 1 heterocycles. The fraction of sp³-hybridized carbons (Fsp3) is 0.308. The zero-order valence-corrected chi connectivity index (χ0v) is 17.9. The lowest BCUT2D eigenvalue weighted by molar-refractivity contribution is -0.248. The van der Waals surface area contributed by atoms with Gasteiger partial charge in [-0.2, -0.15) is 5.06 Å². The van der Waals surface area contributed by atoms with E-state index in [1.165, 1.54) is 0 Å². The normalized spacial score (nSPS) is 22.0. The molecule has 31 heavy (non-hydrogen) atoms. The van der Waals surface area contributed by atoms with Gasteiger partial charge in [-0.05, 0) is 23.1 Å². The van der Waals surface area contributed by atoms with Crippen molar-refractivity contribution in [2.45, 2.75) is 30.4 Å². The molecule has 1 aliphatic heterocycles. The van der Waals surface area contributed by atoms with E-state index in [1.54, 1.807) is 19.3 Å². The van der Waals surface area contributed by atoms with Crippen LogP contribution in [0.25, 0.3) is 0 Å². The van der Waals surface area contributed by atoms with Crippen LogP contribution in [-0.4, -0.2) is 49.4 Å². The molecule has 1 fully saturated rings. The molecule has 3 atom stereocenters. The Kier molecular flexibility index (Phi) is 6.80. The molecule has 5 heteroatoms. The predicted octanol–water partition coefficient (Wildman–Crippen LogP) is 3.96. The van der Waals surface area contributed by atoms with Gasteiger partial charge in [-0.1, -0.05) is 91.0 Å². The lowest BCUT2D eigenvalue weighted by atomic mass is 9.80. The first kappa shape index (κ1) is 21.7. The topological polar surface area (TPSA) is 51.2 Å². The molecule has 1 saturated heterocycles. The fourth-order valence-corrected chi connectivity index (χ4v) is 4.52. The van der Waals surface area contributed by atoms with Crippen LogP contribution in [-0.2, 0) is 19.9 Å². The summed E-state index contributed by atoms with van der Waals surface area (Å²) in [6, 6.07) is 30.6. The van der Waals surface area contributed by atoms with E-state index in [4.69, 9.17) is 14.3 Å². The summed E-state index contributed by atoms with van der Waals surface area (Å²) in [5.74, 6) is 0. The Bertz CT molecular complexity index is 839. The molecule has 0 aliphatic carbocycles. The first-order chi connectivity index (χ1) is 15.2. The molecule has 0 bridgehead atoms. The van der Waals surface area contributed by atoms with E-state index in [0.29, 0.717) is 13.0 Å². The van der Waals surface area contributed by atoms with Gasteiger partial charge in [0, 0.05) is 7.11 Å². The number of hydrogen-bond donors (Lipinski definition) is 1. The molecule has 0 aromatic heterocycles. The van der Waals surface area contributed by atoms with Crippen LogP contribution >= 0.6 is 0 Å². The average molecular weight is 420 g/mol. The van der Waals surface area contributed by atoms with Crippen molar-refractivity contribution >= 4 is 0 Å². The highest BCUT2D eigenvalue weighted by Crippen LogP contribution is 2.41. The van der Waals surface area contributed by atoms with Crippen LogP contribution in [0.4, 0.5) is 0 Å². The molecule has 0 spiro atoms. The second kappa shape index (κ2) is 9.73. The van der Waals surface area contributed by atoms with Crippen molar-refractivity contribution in [2.75, 3.05) is 20.8 Å². The summed E-state index contributed by atoms with van der Waals surface area (Å²) in [4.78, 5) is 5.55. The van der Waals surface area contributed by atoms with Crippen LogP contribution in [0.15, 0.2) is 91.0 Å². The van der Waals surface area contributed by atoms with Gasteiger partial charge < -0.3 is 14.6 Å². The van der Waals surface area contributed by atoms with Crippen molar-refractivity contribution in [1.29, 1.82) is 0 Å². The quantitative estimate of drug-likeness (QED) is 0.560.